The van der Waals surface area contributed by atoms with Crippen LogP contribution in [0.25, 0.3) is 0 Å². The summed E-state index contributed by atoms with van der Waals surface area (Å²) < 4.78 is 0. The number of rotatable bonds is 1. The van der Waals surface area contributed by atoms with E-state index in [1.807, 2.05) is 23.1 Å². The summed E-state index contributed by atoms with van der Waals surface area (Å²) in [6, 6.07) is 0. The summed E-state index contributed by atoms with van der Waals surface area (Å²) in [5.74, 6) is 0.133. The first-order valence-electron chi connectivity index (χ1n) is 7.95. The largest absolute Gasteiger partial charge is 0.313 e. The Kier molecular flexibility index (Phi) is 3.77. The predicted octanol–water partition coefficient (Wildman–Crippen LogP) is 3.25. The highest BCUT2D eigenvalue weighted by Crippen LogP contribution is 2.46. The monoisotopic (exact) mass is 298 g/mol. The molecule has 1 aliphatic heterocycles. The minimum absolute atomic E-state index is 0.104. The molecule has 4 heteroatoms. The molecule has 0 N–H and O–H groups in total. The van der Waals surface area contributed by atoms with Crippen LogP contribution in [0.2, 0.25) is 0 Å². The molecule has 0 aromatic carbocycles. The van der Waals surface area contributed by atoms with Crippen LogP contribution in [0.4, 0.5) is 0 Å². The summed E-state index contributed by atoms with van der Waals surface area (Å²) in [4.78, 5) is 28.2. The van der Waals surface area contributed by atoms with Crippen LogP contribution in [-0.4, -0.2) is 27.2 Å². The molecule has 0 radical (unpaired) electrons. The fourth-order valence-electron chi connectivity index (χ4n) is 3.78. The standard InChI is InChI=1S/C18H22N2O2/c1-14-19(15(2)21)17(22)18(12-8-5-9-13-18)20(14)16-10-6-3-4-7-11-16/h3,6-7,10-11H,1,4-5,8-9,12-13H2,2H3. The minimum atomic E-state index is -0.630. The highest BCUT2D eigenvalue weighted by Gasteiger charge is 2.56. The van der Waals surface area contributed by atoms with E-state index < -0.39 is 5.54 Å². The van der Waals surface area contributed by atoms with Crippen molar-refractivity contribution >= 4 is 11.8 Å². The van der Waals surface area contributed by atoms with Crippen molar-refractivity contribution in [2.75, 3.05) is 0 Å². The van der Waals surface area contributed by atoms with Crippen molar-refractivity contribution in [2.24, 2.45) is 0 Å². The highest BCUT2D eigenvalue weighted by molar-refractivity contribution is 6.03. The fourth-order valence-corrected chi connectivity index (χ4v) is 3.78. The zero-order valence-corrected chi connectivity index (χ0v) is 13.0. The molecule has 3 aliphatic rings. The van der Waals surface area contributed by atoms with Gasteiger partial charge in [-0.25, -0.2) is 4.90 Å². The van der Waals surface area contributed by atoms with Gasteiger partial charge in [0.25, 0.3) is 5.91 Å². The van der Waals surface area contributed by atoms with Crippen molar-refractivity contribution in [1.29, 1.82) is 0 Å². The van der Waals surface area contributed by atoms with Gasteiger partial charge in [-0.1, -0.05) is 44.1 Å². The number of amides is 2. The normalized spacial score (nSPS) is 24.0. The van der Waals surface area contributed by atoms with E-state index in [2.05, 4.69) is 18.7 Å². The summed E-state index contributed by atoms with van der Waals surface area (Å²) in [5.41, 5.74) is 0.313. The number of hydrogen-bond acceptors (Lipinski definition) is 3. The Morgan fingerprint density at radius 3 is 2.64 bits per heavy atom. The maximum Gasteiger partial charge on any atom is 0.261 e. The molecule has 1 heterocycles. The van der Waals surface area contributed by atoms with E-state index in [1.165, 1.54) is 11.8 Å². The topological polar surface area (TPSA) is 40.6 Å². The van der Waals surface area contributed by atoms with E-state index in [1.54, 1.807) is 0 Å². The van der Waals surface area contributed by atoms with E-state index in [0.29, 0.717) is 5.82 Å². The number of imide groups is 1. The summed E-state index contributed by atoms with van der Waals surface area (Å²) in [7, 11) is 0. The fraction of sp³-hybridized carbons (Fsp3) is 0.444. The van der Waals surface area contributed by atoms with Gasteiger partial charge < -0.3 is 4.90 Å². The maximum atomic E-state index is 13.0. The van der Waals surface area contributed by atoms with Crippen LogP contribution in [-0.2, 0) is 9.59 Å². The minimum Gasteiger partial charge on any atom is -0.313 e. The van der Waals surface area contributed by atoms with Crippen molar-refractivity contribution in [1.82, 2.24) is 9.80 Å². The molecule has 116 valence electrons. The van der Waals surface area contributed by atoms with Crippen LogP contribution in [0.15, 0.2) is 48.5 Å². The Labute approximate surface area is 131 Å². The van der Waals surface area contributed by atoms with Crippen molar-refractivity contribution in [3.63, 3.8) is 0 Å². The molecule has 2 amide bonds. The molecule has 0 aromatic rings. The van der Waals surface area contributed by atoms with E-state index >= 15 is 0 Å². The van der Waals surface area contributed by atoms with E-state index in [0.717, 1.165) is 44.2 Å². The Bertz CT molecular complexity index is 607. The second-order valence-corrected chi connectivity index (χ2v) is 6.16. The summed E-state index contributed by atoms with van der Waals surface area (Å²) in [5, 5.41) is 0. The van der Waals surface area contributed by atoms with Gasteiger partial charge in [0.15, 0.2) is 0 Å². The highest BCUT2D eigenvalue weighted by atomic mass is 16.2. The zero-order valence-electron chi connectivity index (χ0n) is 13.0. The molecular formula is C18H22N2O2. The zero-order chi connectivity index (χ0) is 15.7. The second kappa shape index (κ2) is 5.59. The van der Waals surface area contributed by atoms with Crippen molar-refractivity contribution in [3.05, 3.63) is 48.5 Å². The quantitative estimate of drug-likeness (QED) is 0.746. The van der Waals surface area contributed by atoms with Crippen LogP contribution in [0.3, 0.4) is 0 Å². The molecule has 2 aliphatic carbocycles. The van der Waals surface area contributed by atoms with Crippen LogP contribution < -0.4 is 0 Å². The number of carbonyl (C=O) groups is 2. The van der Waals surface area contributed by atoms with Crippen LogP contribution in [0, 0.1) is 0 Å². The lowest BCUT2D eigenvalue weighted by atomic mass is 9.80. The lowest BCUT2D eigenvalue weighted by molar-refractivity contribution is -0.142. The van der Waals surface area contributed by atoms with Crippen molar-refractivity contribution in [3.8, 4) is 0 Å². The molecule has 0 bridgehead atoms. The molecule has 1 saturated heterocycles. The van der Waals surface area contributed by atoms with Gasteiger partial charge >= 0.3 is 0 Å². The van der Waals surface area contributed by atoms with Crippen molar-refractivity contribution < 1.29 is 9.59 Å². The maximum absolute atomic E-state index is 13.0. The Morgan fingerprint density at radius 1 is 1.23 bits per heavy atom. The number of allylic oxidation sites excluding steroid dienone is 5. The molecule has 0 unspecified atom stereocenters. The molecule has 22 heavy (non-hydrogen) atoms. The number of nitrogens with zero attached hydrogens (tertiary/aromatic N) is 2. The van der Waals surface area contributed by atoms with Gasteiger partial charge in [0.2, 0.25) is 5.91 Å². The number of hydrogen-bond donors (Lipinski definition) is 0. The third-order valence-corrected chi connectivity index (χ3v) is 4.76. The van der Waals surface area contributed by atoms with Gasteiger partial charge in [-0.15, -0.1) is 0 Å². The number of carbonyl (C=O) groups excluding carboxylic acids is 2. The average molecular weight is 298 g/mol. The average Bonchev–Trinajstić information content (AvgIpc) is 2.69. The molecule has 3 rings (SSSR count). The summed E-state index contributed by atoms with van der Waals surface area (Å²) in [6.45, 7) is 5.49. The smallest absolute Gasteiger partial charge is 0.261 e. The van der Waals surface area contributed by atoms with Gasteiger partial charge in [0.1, 0.15) is 11.4 Å². The van der Waals surface area contributed by atoms with Gasteiger partial charge in [-0.2, -0.15) is 0 Å². The van der Waals surface area contributed by atoms with Gasteiger partial charge in [0, 0.05) is 12.6 Å². The van der Waals surface area contributed by atoms with Crippen LogP contribution in [0.5, 0.6) is 0 Å². The lowest BCUT2D eigenvalue weighted by Crippen LogP contribution is -2.50. The van der Waals surface area contributed by atoms with Gasteiger partial charge in [-0.3, -0.25) is 9.59 Å². The SMILES string of the molecule is C=C1N(C(C)=O)C(=O)C2(CCCCC2)N1C1=CC=CCC=C1. The van der Waals surface area contributed by atoms with Crippen molar-refractivity contribution in [2.45, 2.75) is 51.0 Å². The van der Waals surface area contributed by atoms with Crippen LogP contribution >= 0.6 is 0 Å². The van der Waals surface area contributed by atoms with E-state index in [-0.39, 0.29) is 11.8 Å². The Balaban J connectivity index is 2.09. The molecule has 1 spiro atoms. The molecule has 4 nitrogen and oxygen atoms in total. The Morgan fingerprint density at radius 2 is 1.95 bits per heavy atom. The first-order chi connectivity index (χ1) is 10.6. The van der Waals surface area contributed by atoms with Gasteiger partial charge in [0.05, 0.1) is 0 Å². The Hall–Kier alpha value is -2.10. The lowest BCUT2D eigenvalue weighted by Gasteiger charge is -2.40. The van der Waals surface area contributed by atoms with Crippen LogP contribution in [0.1, 0.15) is 45.4 Å². The van der Waals surface area contributed by atoms with Gasteiger partial charge in [-0.05, 0) is 31.4 Å². The van der Waals surface area contributed by atoms with E-state index in [4.69, 9.17) is 0 Å². The first-order valence-corrected chi connectivity index (χ1v) is 7.95. The molecule has 0 aromatic heterocycles. The molecule has 0 atom stereocenters. The molecule has 1 saturated carbocycles. The summed E-state index contributed by atoms with van der Waals surface area (Å²) >= 11 is 0. The third-order valence-electron chi connectivity index (χ3n) is 4.76. The predicted molar refractivity (Wildman–Crippen MR) is 85.3 cm³/mol. The first kappa shape index (κ1) is 14.8. The summed E-state index contributed by atoms with van der Waals surface area (Å²) in [6.07, 6.45) is 15.8. The third kappa shape index (κ3) is 2.14. The second-order valence-electron chi connectivity index (χ2n) is 6.16. The molecular weight excluding hydrogens is 276 g/mol. The van der Waals surface area contributed by atoms with E-state index in [9.17, 15) is 9.59 Å². The molecule has 2 fully saturated rings.